The van der Waals surface area contributed by atoms with Crippen molar-refractivity contribution in [1.29, 1.82) is 0 Å². The highest BCUT2D eigenvalue weighted by Crippen LogP contribution is 2.35. The van der Waals surface area contributed by atoms with Crippen LogP contribution in [0.3, 0.4) is 0 Å². The minimum Gasteiger partial charge on any atom is -0.497 e. The summed E-state index contributed by atoms with van der Waals surface area (Å²) in [5.74, 6) is 0.966. The Morgan fingerprint density at radius 1 is 1.25 bits per heavy atom. The molecule has 1 aromatic rings. The Morgan fingerprint density at radius 2 is 1.92 bits per heavy atom. The van der Waals surface area contributed by atoms with E-state index in [1.807, 2.05) is 45.0 Å². The average molecular weight is 335 g/mol. The maximum atomic E-state index is 12.3. The molecule has 2 unspecified atom stereocenters. The second-order valence-corrected chi connectivity index (χ2v) is 7.48. The van der Waals surface area contributed by atoms with Gasteiger partial charge in [-0.2, -0.15) is 0 Å². The third-order valence-electron chi connectivity index (χ3n) is 4.31. The predicted molar refractivity (Wildman–Crippen MR) is 93.1 cm³/mol. The second-order valence-electron chi connectivity index (χ2n) is 7.48. The van der Waals surface area contributed by atoms with Crippen LogP contribution in [-0.2, 0) is 4.74 Å². The van der Waals surface area contributed by atoms with Crippen LogP contribution in [0.2, 0.25) is 0 Å². The average Bonchev–Trinajstić information content (AvgIpc) is 2.51. The molecule has 1 aliphatic carbocycles. The van der Waals surface area contributed by atoms with Crippen LogP contribution in [-0.4, -0.2) is 30.0 Å². The van der Waals surface area contributed by atoms with Gasteiger partial charge in [0.15, 0.2) is 0 Å². The van der Waals surface area contributed by atoms with Crippen molar-refractivity contribution in [2.45, 2.75) is 64.2 Å². The van der Waals surface area contributed by atoms with Gasteiger partial charge in [0, 0.05) is 0 Å². The second kappa shape index (κ2) is 7.88. The minimum absolute atomic E-state index is 0.180. The van der Waals surface area contributed by atoms with Crippen molar-refractivity contribution in [3.05, 3.63) is 29.8 Å². The molecular weight excluding hydrogens is 306 g/mol. The number of rotatable bonds is 4. The molecule has 5 heteroatoms. The van der Waals surface area contributed by atoms with E-state index in [2.05, 4.69) is 5.32 Å². The van der Waals surface area contributed by atoms with Crippen LogP contribution in [0.1, 0.15) is 58.1 Å². The molecule has 0 spiro atoms. The molecule has 0 aliphatic heterocycles. The maximum Gasteiger partial charge on any atom is 0.408 e. The quantitative estimate of drug-likeness (QED) is 0.878. The fourth-order valence-electron chi connectivity index (χ4n) is 3.22. The zero-order chi connectivity index (χ0) is 17.7. The molecule has 1 aromatic carbocycles. The number of ether oxygens (including phenoxy) is 2. The standard InChI is InChI=1S/C19H29NO4/c1-19(2,3)24-18(22)20-17(14-6-5-7-15(21)12-14)13-8-10-16(23-4)11-9-13/h8-11,14-15,17,21H,5-7,12H2,1-4H3,(H,20,22)/t14?,15-,17?/m0/s1. The van der Waals surface area contributed by atoms with Gasteiger partial charge in [-0.15, -0.1) is 0 Å². The van der Waals surface area contributed by atoms with Gasteiger partial charge in [0.1, 0.15) is 11.4 Å². The predicted octanol–water partition coefficient (Wildman–Crippen LogP) is 3.81. The monoisotopic (exact) mass is 335 g/mol. The molecule has 0 saturated heterocycles. The third kappa shape index (κ3) is 5.41. The van der Waals surface area contributed by atoms with Crippen molar-refractivity contribution in [1.82, 2.24) is 5.32 Å². The number of hydrogen-bond donors (Lipinski definition) is 2. The summed E-state index contributed by atoms with van der Waals surface area (Å²) in [6, 6.07) is 7.51. The Kier molecular flexibility index (Phi) is 6.10. The molecule has 2 N–H and O–H groups in total. The van der Waals surface area contributed by atoms with Gasteiger partial charge in [-0.25, -0.2) is 4.79 Å². The molecule has 1 saturated carbocycles. The van der Waals surface area contributed by atoms with Crippen LogP contribution >= 0.6 is 0 Å². The fraction of sp³-hybridized carbons (Fsp3) is 0.632. The van der Waals surface area contributed by atoms with Crippen molar-refractivity contribution in [3.63, 3.8) is 0 Å². The summed E-state index contributed by atoms with van der Waals surface area (Å²) in [5.41, 5.74) is 0.460. The number of aliphatic hydroxyl groups is 1. The fourth-order valence-corrected chi connectivity index (χ4v) is 3.22. The van der Waals surface area contributed by atoms with Crippen molar-refractivity contribution in [3.8, 4) is 5.75 Å². The SMILES string of the molecule is COc1ccc(C(NC(=O)OC(C)(C)C)C2CCC[C@H](O)C2)cc1. The summed E-state index contributed by atoms with van der Waals surface area (Å²) in [6.07, 6.45) is 2.73. The summed E-state index contributed by atoms with van der Waals surface area (Å²) in [7, 11) is 1.63. The maximum absolute atomic E-state index is 12.3. The van der Waals surface area contributed by atoms with E-state index in [-0.39, 0.29) is 18.1 Å². The molecule has 1 fully saturated rings. The number of nitrogens with one attached hydrogen (secondary N) is 1. The van der Waals surface area contributed by atoms with Crippen LogP contribution in [0, 0.1) is 5.92 Å². The molecule has 24 heavy (non-hydrogen) atoms. The molecule has 1 amide bonds. The molecule has 0 heterocycles. The van der Waals surface area contributed by atoms with Crippen molar-refractivity contribution < 1.29 is 19.4 Å². The van der Waals surface area contributed by atoms with E-state index in [0.29, 0.717) is 6.42 Å². The summed E-state index contributed by atoms with van der Waals surface area (Å²) < 4.78 is 10.6. The van der Waals surface area contributed by atoms with E-state index in [1.165, 1.54) is 0 Å². The van der Waals surface area contributed by atoms with E-state index in [1.54, 1.807) is 7.11 Å². The lowest BCUT2D eigenvalue weighted by Gasteiger charge is -2.34. The number of amides is 1. The minimum atomic E-state index is -0.541. The Labute approximate surface area is 144 Å². The van der Waals surface area contributed by atoms with Crippen LogP contribution < -0.4 is 10.1 Å². The van der Waals surface area contributed by atoms with E-state index in [9.17, 15) is 9.90 Å². The van der Waals surface area contributed by atoms with Gasteiger partial charge in [-0.05, 0) is 63.6 Å². The Morgan fingerprint density at radius 3 is 2.46 bits per heavy atom. The summed E-state index contributed by atoms with van der Waals surface area (Å²) >= 11 is 0. The van der Waals surface area contributed by atoms with Gasteiger partial charge < -0.3 is 19.9 Å². The van der Waals surface area contributed by atoms with E-state index < -0.39 is 11.7 Å². The van der Waals surface area contributed by atoms with Gasteiger partial charge in [-0.1, -0.05) is 18.6 Å². The largest absolute Gasteiger partial charge is 0.497 e. The lowest BCUT2D eigenvalue weighted by atomic mass is 9.80. The molecule has 0 bridgehead atoms. The first-order chi connectivity index (χ1) is 11.3. The van der Waals surface area contributed by atoms with E-state index >= 15 is 0 Å². The molecule has 134 valence electrons. The van der Waals surface area contributed by atoms with Crippen molar-refractivity contribution >= 4 is 6.09 Å². The summed E-state index contributed by atoms with van der Waals surface area (Å²) in [4.78, 5) is 12.3. The zero-order valence-corrected chi connectivity index (χ0v) is 15.0. The van der Waals surface area contributed by atoms with Crippen molar-refractivity contribution in [2.24, 2.45) is 5.92 Å². The van der Waals surface area contributed by atoms with Crippen LogP contribution in [0.4, 0.5) is 4.79 Å². The van der Waals surface area contributed by atoms with Gasteiger partial charge in [-0.3, -0.25) is 0 Å². The highest BCUT2D eigenvalue weighted by Gasteiger charge is 2.31. The molecular formula is C19H29NO4. The van der Waals surface area contributed by atoms with Gasteiger partial charge in [0.2, 0.25) is 0 Å². The first-order valence-electron chi connectivity index (χ1n) is 8.60. The number of methoxy groups -OCH3 is 1. The zero-order valence-electron chi connectivity index (χ0n) is 15.0. The van der Waals surface area contributed by atoms with E-state index in [0.717, 1.165) is 30.6 Å². The molecule has 5 nitrogen and oxygen atoms in total. The molecule has 0 aromatic heterocycles. The van der Waals surface area contributed by atoms with Crippen molar-refractivity contribution in [2.75, 3.05) is 7.11 Å². The normalized spacial score (nSPS) is 22.5. The van der Waals surface area contributed by atoms with Crippen LogP contribution in [0.5, 0.6) is 5.75 Å². The van der Waals surface area contributed by atoms with Gasteiger partial charge in [0.05, 0.1) is 19.3 Å². The number of benzene rings is 1. The number of hydrogen-bond acceptors (Lipinski definition) is 4. The summed E-state index contributed by atoms with van der Waals surface area (Å²) in [6.45, 7) is 5.54. The first-order valence-corrected chi connectivity index (χ1v) is 8.60. The first kappa shape index (κ1) is 18.6. The number of carbonyl (C=O) groups is 1. The molecule has 2 rings (SSSR count). The van der Waals surface area contributed by atoms with E-state index in [4.69, 9.17) is 9.47 Å². The summed E-state index contributed by atoms with van der Waals surface area (Å²) in [5, 5.41) is 13.0. The third-order valence-corrected chi connectivity index (χ3v) is 4.31. The Hall–Kier alpha value is -1.75. The lowest BCUT2D eigenvalue weighted by molar-refractivity contribution is 0.0426. The topological polar surface area (TPSA) is 67.8 Å². The molecule has 0 radical (unpaired) electrons. The van der Waals surface area contributed by atoms with Crippen LogP contribution in [0.25, 0.3) is 0 Å². The lowest BCUT2D eigenvalue weighted by Crippen LogP contribution is -2.39. The van der Waals surface area contributed by atoms with Gasteiger partial charge >= 0.3 is 6.09 Å². The highest BCUT2D eigenvalue weighted by atomic mass is 16.6. The number of carbonyl (C=O) groups excluding carboxylic acids is 1. The van der Waals surface area contributed by atoms with Gasteiger partial charge in [0.25, 0.3) is 0 Å². The molecule has 1 aliphatic rings. The number of alkyl carbamates (subject to hydrolysis) is 1. The smallest absolute Gasteiger partial charge is 0.408 e. The Bertz CT molecular complexity index is 535. The number of aliphatic hydroxyl groups excluding tert-OH is 1. The van der Waals surface area contributed by atoms with Crippen LogP contribution in [0.15, 0.2) is 24.3 Å². The molecule has 3 atom stereocenters. The highest BCUT2D eigenvalue weighted by molar-refractivity contribution is 5.68. The Balaban J connectivity index is 2.18.